The highest BCUT2D eigenvalue weighted by molar-refractivity contribution is 5.23. The summed E-state index contributed by atoms with van der Waals surface area (Å²) in [6, 6.07) is 9.34. The van der Waals surface area contributed by atoms with Crippen molar-refractivity contribution in [2.45, 2.75) is 32.5 Å². The van der Waals surface area contributed by atoms with Gasteiger partial charge in [-0.3, -0.25) is 4.90 Å². The smallest absolute Gasteiger partial charge is 0.0236 e. The number of nitrogens with zero attached hydrogens (tertiary/aromatic N) is 1. The monoisotopic (exact) mass is 190 g/mol. The lowest BCUT2D eigenvalue weighted by Crippen LogP contribution is -2.44. The molecule has 2 N–H and O–H groups in total. The molecule has 1 saturated heterocycles. The molecule has 1 aliphatic heterocycles. The average Bonchev–Trinajstić information content (AvgIpc) is 2.24. The number of hydrogen-bond acceptors (Lipinski definition) is 2. The molecule has 1 atom stereocenters. The molecule has 1 aliphatic rings. The summed E-state index contributed by atoms with van der Waals surface area (Å²) in [6.45, 7) is 5.25. The van der Waals surface area contributed by atoms with Gasteiger partial charge in [0.05, 0.1) is 0 Å². The molecule has 2 nitrogen and oxygen atoms in total. The molecule has 0 amide bonds. The fourth-order valence-electron chi connectivity index (χ4n) is 1.89. The number of nitrogens with two attached hydrogens (primary N) is 1. The van der Waals surface area contributed by atoms with Crippen molar-refractivity contribution in [3.05, 3.63) is 35.4 Å². The predicted molar refractivity (Wildman–Crippen MR) is 58.8 cm³/mol. The first kappa shape index (κ1) is 9.69. The first-order chi connectivity index (χ1) is 6.79. The van der Waals surface area contributed by atoms with Crippen LogP contribution in [0, 0.1) is 0 Å². The second kappa shape index (κ2) is 4.11. The molecule has 1 unspecified atom stereocenters. The Balaban J connectivity index is 2.01. The van der Waals surface area contributed by atoms with Gasteiger partial charge >= 0.3 is 0 Å². The lowest BCUT2D eigenvalue weighted by atomic mass is 10.0. The molecule has 2 rings (SSSR count). The molecule has 76 valence electrons. The van der Waals surface area contributed by atoms with Crippen molar-refractivity contribution in [3.8, 4) is 0 Å². The van der Waals surface area contributed by atoms with Gasteiger partial charge in [0, 0.05) is 25.7 Å². The number of benzene rings is 1. The van der Waals surface area contributed by atoms with Gasteiger partial charge in [0.1, 0.15) is 0 Å². The summed E-state index contributed by atoms with van der Waals surface area (Å²) < 4.78 is 0. The third-order valence-corrected chi connectivity index (χ3v) is 3.07. The van der Waals surface area contributed by atoms with E-state index in [0.29, 0.717) is 6.54 Å². The Morgan fingerprint density at radius 3 is 2.79 bits per heavy atom. The molecule has 1 heterocycles. The molecule has 1 aromatic rings. The van der Waals surface area contributed by atoms with Gasteiger partial charge in [-0.1, -0.05) is 24.3 Å². The van der Waals surface area contributed by atoms with Crippen LogP contribution < -0.4 is 5.73 Å². The lowest BCUT2D eigenvalue weighted by molar-refractivity contribution is 0.0959. The van der Waals surface area contributed by atoms with E-state index in [1.807, 2.05) is 0 Å². The van der Waals surface area contributed by atoms with Crippen LogP contribution in [0.2, 0.25) is 0 Å². The summed E-state index contributed by atoms with van der Waals surface area (Å²) in [5.41, 5.74) is 8.23. The van der Waals surface area contributed by atoms with E-state index >= 15 is 0 Å². The van der Waals surface area contributed by atoms with E-state index < -0.39 is 0 Å². The lowest BCUT2D eigenvalue weighted by Gasteiger charge is -2.38. The summed E-state index contributed by atoms with van der Waals surface area (Å²) in [5, 5.41) is 0. The summed E-state index contributed by atoms with van der Waals surface area (Å²) in [5.74, 6) is 0. The topological polar surface area (TPSA) is 29.3 Å². The second-order valence-corrected chi connectivity index (χ2v) is 4.13. The largest absolute Gasteiger partial charge is 0.326 e. The Kier molecular flexibility index (Phi) is 2.85. The summed E-state index contributed by atoms with van der Waals surface area (Å²) in [4.78, 5) is 2.50. The molecule has 0 spiro atoms. The molecule has 14 heavy (non-hydrogen) atoms. The minimum atomic E-state index is 0.642. The number of likely N-dealkylation sites (tertiary alicyclic amines) is 1. The number of hydrogen-bond donors (Lipinski definition) is 1. The molecular formula is C12H18N2. The third kappa shape index (κ3) is 1.97. The van der Waals surface area contributed by atoms with E-state index in [4.69, 9.17) is 5.73 Å². The minimum absolute atomic E-state index is 0.642. The summed E-state index contributed by atoms with van der Waals surface area (Å²) in [7, 11) is 0. The zero-order valence-corrected chi connectivity index (χ0v) is 8.74. The van der Waals surface area contributed by atoms with Gasteiger partial charge in [0.15, 0.2) is 0 Å². The van der Waals surface area contributed by atoms with Crippen LogP contribution >= 0.6 is 0 Å². The van der Waals surface area contributed by atoms with Crippen LogP contribution in [0.4, 0.5) is 0 Å². The normalized spacial score (nSPS) is 22.0. The Morgan fingerprint density at radius 2 is 2.21 bits per heavy atom. The first-order valence-electron chi connectivity index (χ1n) is 5.31. The molecule has 0 aromatic heterocycles. The Hall–Kier alpha value is -0.860. The van der Waals surface area contributed by atoms with Gasteiger partial charge < -0.3 is 5.73 Å². The van der Waals surface area contributed by atoms with Gasteiger partial charge in [-0.25, -0.2) is 0 Å². The van der Waals surface area contributed by atoms with Crippen LogP contribution in [0.3, 0.4) is 0 Å². The van der Waals surface area contributed by atoms with Gasteiger partial charge in [-0.2, -0.15) is 0 Å². The Labute approximate surface area is 85.7 Å². The highest BCUT2D eigenvalue weighted by atomic mass is 15.2. The van der Waals surface area contributed by atoms with Crippen molar-refractivity contribution in [2.24, 2.45) is 5.73 Å². The van der Waals surface area contributed by atoms with Crippen molar-refractivity contribution in [1.29, 1.82) is 0 Å². The summed E-state index contributed by atoms with van der Waals surface area (Å²) in [6.07, 6.45) is 1.34. The maximum absolute atomic E-state index is 5.61. The van der Waals surface area contributed by atoms with Crippen LogP contribution in [0.15, 0.2) is 24.3 Å². The average molecular weight is 190 g/mol. The van der Waals surface area contributed by atoms with Gasteiger partial charge in [0.25, 0.3) is 0 Å². The third-order valence-electron chi connectivity index (χ3n) is 3.07. The van der Waals surface area contributed by atoms with E-state index in [1.165, 1.54) is 24.1 Å². The van der Waals surface area contributed by atoms with E-state index in [0.717, 1.165) is 12.6 Å². The standard InChI is InChI=1S/C12H18N2/c1-10-5-6-14(10)9-12-4-2-3-11(7-12)8-13/h2-4,7,10H,5-6,8-9,13H2,1H3. The van der Waals surface area contributed by atoms with E-state index in [2.05, 4.69) is 36.1 Å². The fourth-order valence-corrected chi connectivity index (χ4v) is 1.89. The summed E-state index contributed by atoms with van der Waals surface area (Å²) >= 11 is 0. The van der Waals surface area contributed by atoms with Crippen LogP contribution in [-0.2, 0) is 13.1 Å². The Bertz CT molecular complexity index is 309. The highest BCUT2D eigenvalue weighted by Crippen LogP contribution is 2.19. The van der Waals surface area contributed by atoms with E-state index in [9.17, 15) is 0 Å². The van der Waals surface area contributed by atoms with Gasteiger partial charge in [0.2, 0.25) is 0 Å². The number of rotatable bonds is 3. The maximum atomic E-state index is 5.61. The van der Waals surface area contributed by atoms with Crippen molar-refractivity contribution < 1.29 is 0 Å². The predicted octanol–water partition coefficient (Wildman–Crippen LogP) is 1.74. The van der Waals surface area contributed by atoms with E-state index in [1.54, 1.807) is 0 Å². The van der Waals surface area contributed by atoms with Crippen molar-refractivity contribution in [3.63, 3.8) is 0 Å². The minimum Gasteiger partial charge on any atom is -0.326 e. The zero-order valence-electron chi connectivity index (χ0n) is 8.74. The van der Waals surface area contributed by atoms with Gasteiger partial charge in [-0.05, 0) is 24.5 Å². The van der Waals surface area contributed by atoms with Crippen LogP contribution in [0.1, 0.15) is 24.5 Å². The quantitative estimate of drug-likeness (QED) is 0.786. The van der Waals surface area contributed by atoms with Crippen molar-refractivity contribution >= 4 is 0 Å². The van der Waals surface area contributed by atoms with E-state index in [-0.39, 0.29) is 0 Å². The first-order valence-corrected chi connectivity index (χ1v) is 5.31. The zero-order chi connectivity index (χ0) is 9.97. The molecule has 1 aromatic carbocycles. The van der Waals surface area contributed by atoms with Crippen molar-refractivity contribution in [1.82, 2.24) is 4.90 Å². The molecular weight excluding hydrogens is 172 g/mol. The van der Waals surface area contributed by atoms with Crippen LogP contribution in [0.25, 0.3) is 0 Å². The van der Waals surface area contributed by atoms with Crippen molar-refractivity contribution in [2.75, 3.05) is 6.54 Å². The molecule has 2 heteroatoms. The van der Waals surface area contributed by atoms with Gasteiger partial charge in [-0.15, -0.1) is 0 Å². The highest BCUT2D eigenvalue weighted by Gasteiger charge is 2.22. The maximum Gasteiger partial charge on any atom is 0.0236 e. The molecule has 0 radical (unpaired) electrons. The van der Waals surface area contributed by atoms with Crippen LogP contribution in [0.5, 0.6) is 0 Å². The fraction of sp³-hybridized carbons (Fsp3) is 0.500. The second-order valence-electron chi connectivity index (χ2n) is 4.13. The molecule has 0 bridgehead atoms. The molecule has 0 aliphatic carbocycles. The Morgan fingerprint density at radius 1 is 1.43 bits per heavy atom. The molecule has 1 fully saturated rings. The molecule has 0 saturated carbocycles. The SMILES string of the molecule is CC1CCN1Cc1cccc(CN)c1. The van der Waals surface area contributed by atoms with Crippen LogP contribution in [-0.4, -0.2) is 17.5 Å².